The Morgan fingerprint density at radius 3 is 2.12 bits per heavy atom. The summed E-state index contributed by atoms with van der Waals surface area (Å²) in [6.07, 6.45) is 4.58. The third kappa shape index (κ3) is 4.06. The Bertz CT molecular complexity index is 737. The summed E-state index contributed by atoms with van der Waals surface area (Å²) >= 11 is 0. The van der Waals surface area contributed by atoms with Crippen molar-refractivity contribution in [2.75, 3.05) is 0 Å². The molecule has 0 unspecified atom stereocenters. The SMILES string of the molecule is C[C]1CCC(c2ccc(C(=O)Oc3cc(F)c(C)c(F)c3)cc2)CC1. The highest BCUT2D eigenvalue weighted by molar-refractivity contribution is 5.91. The number of rotatable bonds is 3. The molecule has 1 fully saturated rings. The second-order valence-corrected chi connectivity index (χ2v) is 6.75. The number of halogens is 2. The lowest BCUT2D eigenvalue weighted by Crippen LogP contribution is -2.11. The summed E-state index contributed by atoms with van der Waals surface area (Å²) < 4.78 is 32.2. The number of ether oxygens (including phenoxy) is 1. The van der Waals surface area contributed by atoms with Crippen molar-refractivity contribution in [3.63, 3.8) is 0 Å². The summed E-state index contributed by atoms with van der Waals surface area (Å²) in [5, 5.41) is 0. The van der Waals surface area contributed by atoms with Crippen LogP contribution in [0.15, 0.2) is 36.4 Å². The minimum Gasteiger partial charge on any atom is -0.423 e. The van der Waals surface area contributed by atoms with Crippen LogP contribution in [0.2, 0.25) is 0 Å². The second kappa shape index (κ2) is 7.34. The van der Waals surface area contributed by atoms with Crippen molar-refractivity contribution in [2.45, 2.75) is 45.4 Å². The van der Waals surface area contributed by atoms with E-state index in [1.54, 1.807) is 18.1 Å². The van der Waals surface area contributed by atoms with E-state index in [2.05, 4.69) is 6.92 Å². The molecule has 0 aromatic heterocycles. The van der Waals surface area contributed by atoms with Crippen molar-refractivity contribution in [3.05, 3.63) is 70.6 Å². The Balaban J connectivity index is 1.69. The topological polar surface area (TPSA) is 26.3 Å². The first-order chi connectivity index (χ1) is 11.9. The molecule has 0 bridgehead atoms. The molecule has 0 N–H and O–H groups in total. The van der Waals surface area contributed by atoms with Crippen LogP contribution in [-0.2, 0) is 0 Å². The number of hydrogen-bond acceptors (Lipinski definition) is 2. The van der Waals surface area contributed by atoms with E-state index in [1.165, 1.54) is 12.5 Å². The van der Waals surface area contributed by atoms with Crippen LogP contribution in [-0.4, -0.2) is 5.97 Å². The smallest absolute Gasteiger partial charge is 0.343 e. The normalized spacial score (nSPS) is 16.0. The zero-order valence-corrected chi connectivity index (χ0v) is 14.4. The molecule has 0 aliphatic heterocycles. The Morgan fingerprint density at radius 2 is 1.56 bits per heavy atom. The first-order valence-corrected chi connectivity index (χ1v) is 8.53. The standard InChI is InChI=1S/C21H21F2O2/c1-13-3-5-15(6-4-13)16-7-9-17(10-8-16)21(24)25-18-11-19(22)14(2)20(23)12-18/h7-12,15H,3-6H2,1-2H3. The third-order valence-corrected chi connectivity index (χ3v) is 4.92. The molecular formula is C21H21F2O2. The average Bonchev–Trinajstić information content (AvgIpc) is 2.60. The number of carbonyl (C=O) groups excluding carboxylic acids is 1. The highest BCUT2D eigenvalue weighted by Crippen LogP contribution is 2.36. The summed E-state index contributed by atoms with van der Waals surface area (Å²) in [5.41, 5.74) is 1.49. The maximum Gasteiger partial charge on any atom is 0.343 e. The Hall–Kier alpha value is -2.23. The van der Waals surface area contributed by atoms with Crippen LogP contribution in [0.25, 0.3) is 0 Å². The predicted molar refractivity (Wildman–Crippen MR) is 92.6 cm³/mol. The van der Waals surface area contributed by atoms with Gasteiger partial charge in [0.1, 0.15) is 17.4 Å². The van der Waals surface area contributed by atoms with Gasteiger partial charge in [0.05, 0.1) is 5.56 Å². The van der Waals surface area contributed by atoms with Crippen LogP contribution in [0.3, 0.4) is 0 Å². The quantitative estimate of drug-likeness (QED) is 0.524. The molecule has 4 heteroatoms. The van der Waals surface area contributed by atoms with Crippen molar-refractivity contribution in [1.82, 2.24) is 0 Å². The second-order valence-electron chi connectivity index (χ2n) is 6.75. The zero-order chi connectivity index (χ0) is 18.0. The van der Waals surface area contributed by atoms with Gasteiger partial charge in [0.15, 0.2) is 0 Å². The molecule has 131 valence electrons. The maximum atomic E-state index is 13.5. The van der Waals surface area contributed by atoms with E-state index in [9.17, 15) is 13.6 Å². The van der Waals surface area contributed by atoms with Gasteiger partial charge in [0.25, 0.3) is 0 Å². The first-order valence-electron chi connectivity index (χ1n) is 8.53. The molecule has 0 heterocycles. The molecular weight excluding hydrogens is 322 g/mol. The van der Waals surface area contributed by atoms with Crippen LogP contribution in [0.1, 0.15) is 60.0 Å². The Morgan fingerprint density at radius 1 is 1.00 bits per heavy atom. The lowest BCUT2D eigenvalue weighted by atomic mass is 9.79. The summed E-state index contributed by atoms with van der Waals surface area (Å²) in [7, 11) is 0. The highest BCUT2D eigenvalue weighted by atomic mass is 19.1. The zero-order valence-electron chi connectivity index (χ0n) is 14.4. The first kappa shape index (κ1) is 17.6. The van der Waals surface area contributed by atoms with Gasteiger partial charge in [-0.1, -0.05) is 19.1 Å². The summed E-state index contributed by atoms with van der Waals surface area (Å²) in [6.45, 7) is 3.53. The summed E-state index contributed by atoms with van der Waals surface area (Å²) in [4.78, 5) is 12.2. The van der Waals surface area contributed by atoms with E-state index >= 15 is 0 Å². The molecule has 1 aliphatic carbocycles. The highest BCUT2D eigenvalue weighted by Gasteiger charge is 2.20. The van der Waals surface area contributed by atoms with Gasteiger partial charge in [-0.15, -0.1) is 0 Å². The van der Waals surface area contributed by atoms with E-state index < -0.39 is 17.6 Å². The minimum atomic E-state index is -0.734. The number of hydrogen-bond donors (Lipinski definition) is 0. The number of carbonyl (C=O) groups is 1. The van der Waals surface area contributed by atoms with Crippen molar-refractivity contribution >= 4 is 5.97 Å². The fourth-order valence-electron chi connectivity index (χ4n) is 3.18. The van der Waals surface area contributed by atoms with Crippen molar-refractivity contribution < 1.29 is 18.3 Å². The van der Waals surface area contributed by atoms with Gasteiger partial charge in [-0.05, 0) is 62.1 Å². The Kier molecular flexibility index (Phi) is 5.16. The van der Waals surface area contributed by atoms with Crippen molar-refractivity contribution in [3.8, 4) is 5.75 Å². The fourth-order valence-corrected chi connectivity index (χ4v) is 3.18. The van der Waals surface area contributed by atoms with Gasteiger partial charge >= 0.3 is 5.97 Å². The maximum absolute atomic E-state index is 13.5. The molecule has 2 aromatic carbocycles. The lowest BCUT2D eigenvalue weighted by molar-refractivity contribution is 0.0734. The molecule has 0 spiro atoms. The predicted octanol–water partition coefficient (Wildman–Crippen LogP) is 5.74. The molecule has 2 aromatic rings. The molecule has 25 heavy (non-hydrogen) atoms. The molecule has 1 saturated carbocycles. The minimum absolute atomic E-state index is 0.0934. The lowest BCUT2D eigenvalue weighted by Gasteiger charge is -2.26. The van der Waals surface area contributed by atoms with Crippen LogP contribution < -0.4 is 4.74 Å². The molecule has 0 saturated heterocycles. The van der Waals surface area contributed by atoms with Gasteiger partial charge in [0.2, 0.25) is 0 Å². The molecule has 1 radical (unpaired) electrons. The van der Waals surface area contributed by atoms with Gasteiger partial charge in [0, 0.05) is 17.7 Å². The average molecular weight is 343 g/mol. The van der Waals surface area contributed by atoms with Crippen molar-refractivity contribution in [2.24, 2.45) is 0 Å². The molecule has 1 aliphatic rings. The van der Waals surface area contributed by atoms with E-state index in [1.807, 2.05) is 12.1 Å². The van der Waals surface area contributed by atoms with Crippen LogP contribution in [0.5, 0.6) is 5.75 Å². The van der Waals surface area contributed by atoms with Crippen LogP contribution in [0, 0.1) is 24.5 Å². The largest absolute Gasteiger partial charge is 0.423 e. The number of benzene rings is 2. The molecule has 3 rings (SSSR count). The monoisotopic (exact) mass is 343 g/mol. The van der Waals surface area contributed by atoms with Gasteiger partial charge < -0.3 is 4.74 Å². The number of esters is 1. The molecule has 0 atom stereocenters. The third-order valence-electron chi connectivity index (χ3n) is 4.92. The summed E-state index contributed by atoms with van der Waals surface area (Å²) in [5.74, 6) is -0.150. The van der Waals surface area contributed by atoms with E-state index in [0.29, 0.717) is 11.5 Å². The van der Waals surface area contributed by atoms with Crippen molar-refractivity contribution in [1.29, 1.82) is 0 Å². The molecule has 2 nitrogen and oxygen atoms in total. The van der Waals surface area contributed by atoms with E-state index in [4.69, 9.17) is 4.74 Å². The van der Waals surface area contributed by atoms with E-state index in [0.717, 1.165) is 37.8 Å². The summed E-state index contributed by atoms with van der Waals surface area (Å²) in [6, 6.07) is 9.35. The molecule has 0 amide bonds. The van der Waals surface area contributed by atoms with Gasteiger partial charge in [-0.3, -0.25) is 0 Å². The van der Waals surface area contributed by atoms with E-state index in [-0.39, 0.29) is 11.3 Å². The van der Waals surface area contributed by atoms with Crippen LogP contribution >= 0.6 is 0 Å². The Labute approximate surface area is 146 Å². The van der Waals surface area contributed by atoms with Crippen LogP contribution in [0.4, 0.5) is 8.78 Å². The van der Waals surface area contributed by atoms with Gasteiger partial charge in [-0.25, -0.2) is 13.6 Å². The van der Waals surface area contributed by atoms with Gasteiger partial charge in [-0.2, -0.15) is 0 Å². The fraction of sp³-hybridized carbons (Fsp3) is 0.333.